The molecule has 1 aromatic heterocycles. The van der Waals surface area contributed by atoms with Crippen molar-refractivity contribution in [3.8, 4) is 0 Å². The molecular formula is C12H11ClFN3. The normalized spacial score (nSPS) is 10.3. The lowest BCUT2D eigenvalue weighted by Gasteiger charge is -2.18. The number of rotatable bonds is 3. The van der Waals surface area contributed by atoms with Gasteiger partial charge >= 0.3 is 0 Å². The first kappa shape index (κ1) is 11.8. The maximum atomic E-state index is 13.0. The number of hydrogen-bond acceptors (Lipinski definition) is 3. The first-order chi connectivity index (χ1) is 8.16. The van der Waals surface area contributed by atoms with E-state index < -0.39 is 0 Å². The third-order valence-electron chi connectivity index (χ3n) is 2.31. The molecule has 0 N–H and O–H groups in total. The van der Waals surface area contributed by atoms with Crippen LogP contribution in [0.3, 0.4) is 0 Å². The summed E-state index contributed by atoms with van der Waals surface area (Å²) in [6.45, 7) is 0.524. The molecule has 0 fully saturated rings. The number of benzene rings is 1. The minimum atomic E-state index is -0.249. The van der Waals surface area contributed by atoms with Crippen molar-refractivity contribution in [1.29, 1.82) is 0 Å². The molecule has 1 heterocycles. The van der Waals surface area contributed by atoms with Crippen LogP contribution < -0.4 is 4.90 Å². The smallest absolute Gasteiger partial charge is 0.171 e. The summed E-state index contributed by atoms with van der Waals surface area (Å²) in [7, 11) is 1.83. The molecule has 3 nitrogen and oxygen atoms in total. The molecule has 0 radical (unpaired) electrons. The van der Waals surface area contributed by atoms with Gasteiger partial charge in [-0.15, -0.1) is 0 Å². The minimum absolute atomic E-state index is 0.249. The van der Waals surface area contributed by atoms with E-state index in [0.717, 1.165) is 5.56 Å². The molecule has 2 rings (SSSR count). The molecule has 1 aromatic carbocycles. The van der Waals surface area contributed by atoms with Gasteiger partial charge in [0.15, 0.2) is 11.0 Å². The van der Waals surface area contributed by atoms with E-state index in [1.54, 1.807) is 12.3 Å². The Bertz CT molecular complexity index is 519. The summed E-state index contributed by atoms with van der Waals surface area (Å²) in [6, 6.07) is 6.43. The molecule has 0 atom stereocenters. The van der Waals surface area contributed by atoms with Crippen LogP contribution in [0.2, 0.25) is 5.15 Å². The molecule has 17 heavy (non-hydrogen) atoms. The molecule has 0 aliphatic rings. The summed E-state index contributed by atoms with van der Waals surface area (Å²) in [5.74, 6) is 0.333. The molecule has 0 saturated heterocycles. The Morgan fingerprint density at radius 3 is 2.76 bits per heavy atom. The summed E-state index contributed by atoms with van der Waals surface area (Å²) in [6.07, 6.45) is 3.10. The Labute approximate surface area is 104 Å². The van der Waals surface area contributed by atoms with E-state index in [4.69, 9.17) is 11.6 Å². The van der Waals surface area contributed by atoms with Crippen LogP contribution in [0.1, 0.15) is 5.56 Å². The fraction of sp³-hybridized carbons (Fsp3) is 0.167. The fourth-order valence-electron chi connectivity index (χ4n) is 1.55. The average Bonchev–Trinajstić information content (AvgIpc) is 2.29. The summed E-state index contributed by atoms with van der Waals surface area (Å²) < 4.78 is 13.0. The van der Waals surface area contributed by atoms with Crippen LogP contribution in [-0.2, 0) is 6.54 Å². The highest BCUT2D eigenvalue weighted by atomic mass is 35.5. The lowest BCUT2D eigenvalue weighted by molar-refractivity contribution is 0.625. The van der Waals surface area contributed by atoms with Crippen LogP contribution in [0.4, 0.5) is 10.2 Å². The van der Waals surface area contributed by atoms with Gasteiger partial charge in [0.25, 0.3) is 0 Å². The zero-order valence-electron chi connectivity index (χ0n) is 9.27. The van der Waals surface area contributed by atoms with Crippen molar-refractivity contribution in [3.05, 3.63) is 53.2 Å². The maximum Gasteiger partial charge on any atom is 0.171 e. The fourth-order valence-corrected chi connectivity index (χ4v) is 1.80. The van der Waals surface area contributed by atoms with Crippen LogP contribution in [0.15, 0.2) is 36.7 Å². The molecule has 88 valence electrons. The number of halogens is 2. The highest BCUT2D eigenvalue weighted by Crippen LogP contribution is 2.20. The van der Waals surface area contributed by atoms with Crippen molar-refractivity contribution in [1.82, 2.24) is 9.97 Å². The van der Waals surface area contributed by atoms with Crippen molar-refractivity contribution in [2.24, 2.45) is 0 Å². The average molecular weight is 252 g/mol. The Balaban J connectivity index is 2.17. The Hall–Kier alpha value is -1.68. The molecule has 2 aromatic rings. The highest BCUT2D eigenvalue weighted by molar-refractivity contribution is 6.31. The number of anilines is 1. The molecule has 5 heteroatoms. The van der Waals surface area contributed by atoms with Gasteiger partial charge in [0.05, 0.1) is 0 Å². The van der Waals surface area contributed by atoms with Crippen LogP contribution >= 0.6 is 11.6 Å². The summed E-state index contributed by atoms with van der Waals surface area (Å²) in [5, 5.41) is 0.339. The molecule has 0 aliphatic carbocycles. The predicted molar refractivity (Wildman–Crippen MR) is 65.5 cm³/mol. The van der Waals surface area contributed by atoms with Crippen LogP contribution in [0.25, 0.3) is 0 Å². The molecule has 0 amide bonds. The molecule has 0 saturated carbocycles. The number of hydrogen-bond donors (Lipinski definition) is 0. The van der Waals surface area contributed by atoms with E-state index in [1.807, 2.05) is 18.0 Å². The summed E-state index contributed by atoms with van der Waals surface area (Å²) in [4.78, 5) is 9.90. The van der Waals surface area contributed by atoms with Crippen molar-refractivity contribution < 1.29 is 4.39 Å². The highest BCUT2D eigenvalue weighted by Gasteiger charge is 2.08. The predicted octanol–water partition coefficient (Wildman–Crippen LogP) is 2.91. The number of nitrogens with zero attached hydrogens (tertiary/aromatic N) is 3. The van der Waals surface area contributed by atoms with Crippen LogP contribution in [0, 0.1) is 5.82 Å². The Kier molecular flexibility index (Phi) is 3.54. The topological polar surface area (TPSA) is 29.0 Å². The summed E-state index contributed by atoms with van der Waals surface area (Å²) >= 11 is 5.93. The summed E-state index contributed by atoms with van der Waals surface area (Å²) in [5.41, 5.74) is 0.856. The van der Waals surface area contributed by atoms with E-state index in [1.165, 1.54) is 18.3 Å². The van der Waals surface area contributed by atoms with Crippen LogP contribution in [-0.4, -0.2) is 17.0 Å². The van der Waals surface area contributed by atoms with Gasteiger partial charge in [0, 0.05) is 26.0 Å². The first-order valence-corrected chi connectivity index (χ1v) is 5.46. The Morgan fingerprint density at radius 2 is 2.06 bits per heavy atom. The van der Waals surface area contributed by atoms with E-state index in [0.29, 0.717) is 17.5 Å². The van der Waals surface area contributed by atoms with Gasteiger partial charge in [0.1, 0.15) is 5.82 Å². The van der Waals surface area contributed by atoms with Crippen molar-refractivity contribution in [2.45, 2.75) is 6.54 Å². The molecule has 0 aliphatic heterocycles. The van der Waals surface area contributed by atoms with Gasteiger partial charge < -0.3 is 4.90 Å². The second-order valence-corrected chi connectivity index (χ2v) is 4.01. The zero-order valence-corrected chi connectivity index (χ0v) is 10.0. The largest absolute Gasteiger partial charge is 0.353 e. The van der Waals surface area contributed by atoms with Crippen molar-refractivity contribution in [3.63, 3.8) is 0 Å². The second kappa shape index (κ2) is 5.10. The first-order valence-electron chi connectivity index (χ1n) is 5.09. The van der Waals surface area contributed by atoms with E-state index in [2.05, 4.69) is 9.97 Å². The lowest BCUT2D eigenvalue weighted by Crippen LogP contribution is -2.18. The van der Waals surface area contributed by atoms with E-state index in [9.17, 15) is 4.39 Å². The van der Waals surface area contributed by atoms with Crippen LogP contribution in [0.5, 0.6) is 0 Å². The Morgan fingerprint density at radius 1 is 1.29 bits per heavy atom. The molecular weight excluding hydrogens is 241 g/mol. The minimum Gasteiger partial charge on any atom is -0.353 e. The quantitative estimate of drug-likeness (QED) is 0.840. The van der Waals surface area contributed by atoms with Gasteiger partial charge in [-0.1, -0.05) is 23.7 Å². The van der Waals surface area contributed by atoms with Gasteiger partial charge in [-0.05, 0) is 17.7 Å². The van der Waals surface area contributed by atoms with E-state index in [-0.39, 0.29) is 5.82 Å². The van der Waals surface area contributed by atoms with Crippen molar-refractivity contribution in [2.75, 3.05) is 11.9 Å². The maximum absolute atomic E-state index is 13.0. The standard InChI is InChI=1S/C12H11ClFN3/c1-17(12-11(13)15-5-6-16-12)8-9-3-2-4-10(14)7-9/h2-7H,8H2,1H3. The third kappa shape index (κ3) is 2.91. The van der Waals surface area contributed by atoms with Gasteiger partial charge in [-0.3, -0.25) is 0 Å². The zero-order chi connectivity index (χ0) is 12.3. The second-order valence-electron chi connectivity index (χ2n) is 3.66. The monoisotopic (exact) mass is 251 g/mol. The lowest BCUT2D eigenvalue weighted by atomic mass is 10.2. The third-order valence-corrected chi connectivity index (χ3v) is 2.57. The molecule has 0 unspecified atom stereocenters. The van der Waals surface area contributed by atoms with E-state index >= 15 is 0 Å². The van der Waals surface area contributed by atoms with Crippen molar-refractivity contribution >= 4 is 17.4 Å². The SMILES string of the molecule is CN(Cc1cccc(F)c1)c1nccnc1Cl. The molecule has 0 bridgehead atoms. The van der Waals surface area contributed by atoms with Gasteiger partial charge in [0.2, 0.25) is 0 Å². The number of aromatic nitrogens is 2. The van der Waals surface area contributed by atoms with Gasteiger partial charge in [-0.2, -0.15) is 0 Å². The van der Waals surface area contributed by atoms with Gasteiger partial charge in [-0.25, -0.2) is 14.4 Å². The molecule has 0 spiro atoms.